The Balaban J connectivity index is 1.77. The van der Waals surface area contributed by atoms with Crippen molar-refractivity contribution in [3.05, 3.63) is 65.2 Å². The molecule has 1 heterocycles. The second kappa shape index (κ2) is 8.32. The summed E-state index contributed by atoms with van der Waals surface area (Å²) in [5.41, 5.74) is 1.14. The van der Waals surface area contributed by atoms with Crippen molar-refractivity contribution in [1.29, 1.82) is 0 Å². The summed E-state index contributed by atoms with van der Waals surface area (Å²) in [5, 5.41) is 0.523. The second-order valence-electron chi connectivity index (χ2n) is 6.33. The highest BCUT2D eigenvalue weighted by molar-refractivity contribution is 7.89. The summed E-state index contributed by atoms with van der Waals surface area (Å²) in [5.74, 6) is 0. The van der Waals surface area contributed by atoms with Gasteiger partial charge in [0.15, 0.2) is 0 Å². The summed E-state index contributed by atoms with van der Waals surface area (Å²) in [6.07, 6.45) is 3.56. The summed E-state index contributed by atoms with van der Waals surface area (Å²) >= 11 is 5.85. The van der Waals surface area contributed by atoms with Crippen molar-refractivity contribution in [1.82, 2.24) is 9.62 Å². The third kappa shape index (κ3) is 4.82. The van der Waals surface area contributed by atoms with E-state index in [1.165, 1.54) is 18.6 Å². The fourth-order valence-corrected chi connectivity index (χ4v) is 4.41. The maximum atomic E-state index is 12.6. The summed E-state index contributed by atoms with van der Waals surface area (Å²) in [7, 11) is -3.55. The maximum Gasteiger partial charge on any atom is 0.240 e. The van der Waals surface area contributed by atoms with E-state index in [0.717, 1.165) is 31.5 Å². The molecule has 2 aromatic rings. The largest absolute Gasteiger partial charge is 0.295 e. The molecule has 1 N–H and O–H groups in total. The molecule has 0 bridgehead atoms. The van der Waals surface area contributed by atoms with Gasteiger partial charge in [-0.15, -0.1) is 0 Å². The van der Waals surface area contributed by atoms with Gasteiger partial charge in [-0.2, -0.15) is 0 Å². The van der Waals surface area contributed by atoms with Crippen LogP contribution in [0.4, 0.5) is 0 Å². The van der Waals surface area contributed by atoms with E-state index in [1.54, 1.807) is 12.1 Å². The fourth-order valence-electron chi connectivity index (χ4n) is 3.25. The number of nitrogens with one attached hydrogen (secondary N) is 1. The molecule has 1 aliphatic rings. The first-order valence-corrected chi connectivity index (χ1v) is 10.5. The second-order valence-corrected chi connectivity index (χ2v) is 8.53. The van der Waals surface area contributed by atoms with E-state index >= 15 is 0 Å². The molecule has 3 rings (SSSR count). The van der Waals surface area contributed by atoms with E-state index in [1.807, 2.05) is 18.2 Å². The number of sulfonamides is 1. The molecular weight excluding hydrogens is 356 g/mol. The van der Waals surface area contributed by atoms with E-state index in [2.05, 4.69) is 21.8 Å². The summed E-state index contributed by atoms with van der Waals surface area (Å²) in [6.45, 7) is 2.36. The first-order chi connectivity index (χ1) is 12.1. The molecule has 0 radical (unpaired) electrons. The fraction of sp³-hybridized carbons (Fsp3) is 0.368. The van der Waals surface area contributed by atoms with Crippen molar-refractivity contribution >= 4 is 21.6 Å². The van der Waals surface area contributed by atoms with Crippen molar-refractivity contribution in [2.75, 3.05) is 19.6 Å². The minimum Gasteiger partial charge on any atom is -0.295 e. The zero-order valence-electron chi connectivity index (χ0n) is 14.1. The Morgan fingerprint density at radius 3 is 2.24 bits per heavy atom. The molecule has 0 spiro atoms. The molecule has 0 saturated carbocycles. The first kappa shape index (κ1) is 18.4. The molecule has 1 saturated heterocycles. The number of halogens is 1. The van der Waals surface area contributed by atoms with Gasteiger partial charge in [0.25, 0.3) is 0 Å². The van der Waals surface area contributed by atoms with Gasteiger partial charge >= 0.3 is 0 Å². The molecule has 4 nitrogen and oxygen atoms in total. The number of rotatable bonds is 6. The summed E-state index contributed by atoms with van der Waals surface area (Å²) < 4.78 is 28.0. The minimum atomic E-state index is -3.55. The van der Waals surface area contributed by atoms with Crippen LogP contribution in [-0.4, -0.2) is 33.0 Å². The van der Waals surface area contributed by atoms with Crippen LogP contribution in [0.3, 0.4) is 0 Å². The van der Waals surface area contributed by atoms with Crippen LogP contribution in [0.25, 0.3) is 0 Å². The molecule has 1 atom stereocenters. The molecule has 0 unspecified atom stereocenters. The van der Waals surface area contributed by atoms with Crippen LogP contribution in [0, 0.1) is 0 Å². The summed E-state index contributed by atoms with van der Waals surface area (Å²) in [6, 6.07) is 16.4. The lowest BCUT2D eigenvalue weighted by Gasteiger charge is -2.35. The first-order valence-electron chi connectivity index (χ1n) is 8.60. The molecule has 134 valence electrons. The maximum absolute atomic E-state index is 12.6. The zero-order valence-corrected chi connectivity index (χ0v) is 15.6. The molecule has 2 aromatic carbocycles. The molecule has 1 fully saturated rings. The molecule has 0 amide bonds. The Kier molecular flexibility index (Phi) is 6.12. The van der Waals surface area contributed by atoms with Gasteiger partial charge in [0.05, 0.1) is 4.90 Å². The van der Waals surface area contributed by atoms with Gasteiger partial charge in [0, 0.05) is 17.6 Å². The lowest BCUT2D eigenvalue weighted by Crippen LogP contribution is -2.40. The van der Waals surface area contributed by atoms with Gasteiger partial charge < -0.3 is 0 Å². The van der Waals surface area contributed by atoms with Crippen LogP contribution >= 0.6 is 11.6 Å². The predicted molar refractivity (Wildman–Crippen MR) is 101 cm³/mol. The number of piperidine rings is 1. The topological polar surface area (TPSA) is 49.4 Å². The lowest BCUT2D eigenvalue weighted by molar-refractivity contribution is 0.164. The number of benzene rings is 2. The zero-order chi connectivity index (χ0) is 17.7. The monoisotopic (exact) mass is 378 g/mol. The van der Waals surface area contributed by atoms with Gasteiger partial charge in [-0.05, 0) is 55.8 Å². The van der Waals surface area contributed by atoms with E-state index in [9.17, 15) is 8.42 Å². The molecule has 25 heavy (non-hydrogen) atoms. The number of hydrogen-bond acceptors (Lipinski definition) is 3. The smallest absolute Gasteiger partial charge is 0.240 e. The van der Waals surface area contributed by atoms with Crippen molar-refractivity contribution in [3.8, 4) is 0 Å². The van der Waals surface area contributed by atoms with Gasteiger partial charge in [-0.25, -0.2) is 13.1 Å². The Morgan fingerprint density at radius 1 is 0.960 bits per heavy atom. The van der Waals surface area contributed by atoms with Crippen molar-refractivity contribution in [2.24, 2.45) is 0 Å². The number of nitrogens with zero attached hydrogens (tertiary/aromatic N) is 1. The van der Waals surface area contributed by atoms with E-state index in [-0.39, 0.29) is 10.9 Å². The Labute approximate surface area is 154 Å². The van der Waals surface area contributed by atoms with Crippen molar-refractivity contribution in [2.45, 2.75) is 30.2 Å². The predicted octanol–water partition coefficient (Wildman–Crippen LogP) is 3.85. The highest BCUT2D eigenvalue weighted by atomic mass is 35.5. The van der Waals surface area contributed by atoms with Crippen LogP contribution in [0.2, 0.25) is 5.02 Å². The minimum absolute atomic E-state index is 0.0450. The van der Waals surface area contributed by atoms with Crippen LogP contribution in [-0.2, 0) is 10.0 Å². The summed E-state index contributed by atoms with van der Waals surface area (Å²) in [4.78, 5) is 2.62. The average Bonchev–Trinajstić information content (AvgIpc) is 2.64. The van der Waals surface area contributed by atoms with Crippen LogP contribution < -0.4 is 4.72 Å². The standard InChI is InChI=1S/C19H23ClN2O2S/c20-17-9-11-18(12-10-17)25(23,24)21-15-19(16-7-3-1-4-8-16)22-13-5-2-6-14-22/h1,3-4,7-12,19,21H,2,5-6,13-15H2/t19-/m0/s1. The Morgan fingerprint density at radius 2 is 1.60 bits per heavy atom. The third-order valence-corrected chi connectivity index (χ3v) is 6.30. The Bertz CT molecular complexity index is 773. The SMILES string of the molecule is O=S(=O)(NC[C@@H](c1ccccc1)N1CCCCC1)c1ccc(Cl)cc1. The highest BCUT2D eigenvalue weighted by Crippen LogP contribution is 2.24. The van der Waals surface area contributed by atoms with Crippen LogP contribution in [0.1, 0.15) is 30.9 Å². The van der Waals surface area contributed by atoms with Gasteiger partial charge in [-0.1, -0.05) is 48.4 Å². The van der Waals surface area contributed by atoms with Gasteiger partial charge in [-0.3, -0.25) is 4.90 Å². The lowest BCUT2D eigenvalue weighted by atomic mass is 10.0. The van der Waals surface area contributed by atoms with E-state index in [4.69, 9.17) is 11.6 Å². The van der Waals surface area contributed by atoms with Gasteiger partial charge in [0.2, 0.25) is 10.0 Å². The quantitative estimate of drug-likeness (QED) is 0.830. The molecular formula is C19H23ClN2O2S. The normalized spacial score (nSPS) is 17.3. The van der Waals surface area contributed by atoms with Crippen molar-refractivity contribution in [3.63, 3.8) is 0 Å². The third-order valence-electron chi connectivity index (χ3n) is 4.61. The highest BCUT2D eigenvalue weighted by Gasteiger charge is 2.24. The molecule has 0 aromatic heterocycles. The van der Waals surface area contributed by atoms with Crippen LogP contribution in [0.5, 0.6) is 0 Å². The molecule has 1 aliphatic heterocycles. The van der Waals surface area contributed by atoms with E-state index < -0.39 is 10.0 Å². The molecule has 0 aliphatic carbocycles. The number of hydrogen-bond donors (Lipinski definition) is 1. The Hall–Kier alpha value is -1.40. The molecule has 6 heteroatoms. The van der Waals surface area contributed by atoms with Gasteiger partial charge in [0.1, 0.15) is 0 Å². The van der Waals surface area contributed by atoms with Crippen molar-refractivity contribution < 1.29 is 8.42 Å². The van der Waals surface area contributed by atoms with E-state index in [0.29, 0.717) is 11.6 Å². The number of likely N-dealkylation sites (tertiary alicyclic amines) is 1. The average molecular weight is 379 g/mol. The van der Waals surface area contributed by atoms with Crippen LogP contribution in [0.15, 0.2) is 59.5 Å².